The molecule has 2 nitrogen and oxygen atoms in total. The minimum absolute atomic E-state index is 0.0420. The van der Waals surface area contributed by atoms with Crippen LogP contribution in [0.5, 0.6) is 0 Å². The molecule has 0 radical (unpaired) electrons. The molecule has 0 N–H and O–H groups in total. The summed E-state index contributed by atoms with van der Waals surface area (Å²) in [6.07, 6.45) is 0. The van der Waals surface area contributed by atoms with Crippen LogP contribution >= 0.6 is 0 Å². The molecule has 1 aliphatic carbocycles. The average Bonchev–Trinajstić information content (AvgIpc) is 1.57. The molecule has 2 aromatic heterocycles. The Morgan fingerprint density at radius 2 is 0.812 bits per heavy atom. The monoisotopic (exact) mass is 1030 g/mol. The fourth-order valence-corrected chi connectivity index (χ4v) is 15.2. The highest BCUT2D eigenvalue weighted by Gasteiger charge is 2.55. The molecule has 3 aliphatic heterocycles. The molecule has 80 heavy (non-hydrogen) atoms. The van der Waals surface area contributed by atoms with Gasteiger partial charge in [0.25, 0.3) is 6.71 Å². The zero-order valence-electron chi connectivity index (χ0n) is 48.4. The Bertz CT molecular complexity index is 4680. The highest BCUT2D eigenvalue weighted by atomic mass is 15.1. The maximum atomic E-state index is 2.81. The van der Waals surface area contributed by atoms with Gasteiger partial charge >= 0.3 is 0 Å². The summed E-state index contributed by atoms with van der Waals surface area (Å²) in [5.41, 5.74) is 32.0. The number of hydrogen-bond acceptors (Lipinski definition) is 0. The van der Waals surface area contributed by atoms with Crippen molar-refractivity contribution in [3.63, 3.8) is 0 Å². The van der Waals surface area contributed by atoms with Crippen molar-refractivity contribution in [2.75, 3.05) is 0 Å². The van der Waals surface area contributed by atoms with Gasteiger partial charge in [0, 0.05) is 43.8 Å². The molecule has 0 fully saturated rings. The zero-order valence-corrected chi connectivity index (χ0v) is 48.4. The highest BCUT2D eigenvalue weighted by Crippen LogP contribution is 2.63. The van der Waals surface area contributed by atoms with E-state index in [1.165, 1.54) is 160 Å². The van der Waals surface area contributed by atoms with Gasteiger partial charge in [-0.2, -0.15) is 0 Å². The van der Waals surface area contributed by atoms with E-state index in [1.807, 2.05) is 0 Å². The van der Waals surface area contributed by atoms with Gasteiger partial charge in [-0.1, -0.05) is 229 Å². The lowest BCUT2D eigenvalue weighted by Crippen LogP contribution is -2.61. The van der Waals surface area contributed by atoms with Gasteiger partial charge in [0.15, 0.2) is 0 Å². The first-order valence-corrected chi connectivity index (χ1v) is 29.2. The number of hydrogen-bond donors (Lipinski definition) is 0. The molecule has 12 aromatic rings. The predicted molar refractivity (Wildman–Crippen MR) is 342 cm³/mol. The molecule has 388 valence electrons. The third-order valence-corrected chi connectivity index (χ3v) is 19.3. The topological polar surface area (TPSA) is 9.86 Å². The molecule has 10 aromatic carbocycles. The van der Waals surface area contributed by atoms with E-state index in [0.29, 0.717) is 0 Å². The van der Waals surface area contributed by atoms with E-state index in [4.69, 9.17) is 0 Å². The van der Waals surface area contributed by atoms with Gasteiger partial charge in [0.05, 0.1) is 22.1 Å². The van der Waals surface area contributed by atoms with Crippen molar-refractivity contribution in [1.82, 2.24) is 9.13 Å². The summed E-state index contributed by atoms with van der Waals surface area (Å²) < 4.78 is 5.58. The number of rotatable bonds is 3. The lowest BCUT2D eigenvalue weighted by Gasteiger charge is -2.45. The van der Waals surface area contributed by atoms with E-state index in [2.05, 4.69) is 280 Å². The smallest absolute Gasteiger partial charge is 0.252 e. The number of fused-ring (bicyclic) bond motifs is 14. The summed E-state index contributed by atoms with van der Waals surface area (Å²) in [6, 6.07) is 74.3. The van der Waals surface area contributed by atoms with Crippen LogP contribution < -0.4 is 16.4 Å². The Morgan fingerprint density at radius 1 is 0.312 bits per heavy atom. The minimum Gasteiger partial charge on any atom is -0.310 e. The lowest BCUT2D eigenvalue weighted by molar-refractivity contribution is 0.588. The fourth-order valence-electron chi connectivity index (χ4n) is 15.2. The molecule has 3 heteroatoms. The normalized spacial score (nSPS) is 14.6. The van der Waals surface area contributed by atoms with Gasteiger partial charge in [-0.3, -0.25) is 0 Å². The largest absolute Gasteiger partial charge is 0.310 e. The van der Waals surface area contributed by atoms with E-state index in [-0.39, 0.29) is 28.4 Å². The molecular weight excluding hydrogens is 964 g/mol. The van der Waals surface area contributed by atoms with Crippen molar-refractivity contribution in [3.05, 3.63) is 233 Å². The Hall–Kier alpha value is -8.14. The third kappa shape index (κ3) is 6.16. The van der Waals surface area contributed by atoms with Gasteiger partial charge in [-0.15, -0.1) is 0 Å². The number of nitrogens with zero attached hydrogens (tertiary/aromatic N) is 2. The van der Waals surface area contributed by atoms with Crippen molar-refractivity contribution in [2.24, 2.45) is 0 Å². The molecule has 16 rings (SSSR count). The second-order valence-corrected chi connectivity index (χ2v) is 28.1. The fraction of sp³-hybridized carbons (Fsp3) is 0.221. The Kier molecular flexibility index (Phi) is 9.33. The second-order valence-electron chi connectivity index (χ2n) is 28.1. The Labute approximate surface area is 471 Å². The molecule has 0 saturated heterocycles. The molecule has 5 heterocycles. The number of aromatic nitrogens is 2. The maximum Gasteiger partial charge on any atom is 0.252 e. The Balaban J connectivity index is 1.22. The van der Waals surface area contributed by atoms with Gasteiger partial charge < -0.3 is 9.13 Å². The summed E-state index contributed by atoms with van der Waals surface area (Å²) in [5, 5.41) is 5.38. The van der Waals surface area contributed by atoms with Crippen LogP contribution in [-0.4, -0.2) is 15.8 Å². The summed E-state index contributed by atoms with van der Waals surface area (Å²) >= 11 is 0. The van der Waals surface area contributed by atoms with Crippen molar-refractivity contribution < 1.29 is 0 Å². The third-order valence-electron chi connectivity index (χ3n) is 19.3. The maximum absolute atomic E-state index is 2.81. The van der Waals surface area contributed by atoms with E-state index in [9.17, 15) is 0 Å². The molecule has 4 aliphatic rings. The highest BCUT2D eigenvalue weighted by molar-refractivity contribution is 7.00. The quantitative estimate of drug-likeness (QED) is 0.156. The zero-order chi connectivity index (χ0) is 54.9. The summed E-state index contributed by atoms with van der Waals surface area (Å²) in [7, 11) is 0. The van der Waals surface area contributed by atoms with Crippen LogP contribution in [0.4, 0.5) is 0 Å². The summed E-state index contributed by atoms with van der Waals surface area (Å²) in [4.78, 5) is 0. The van der Waals surface area contributed by atoms with Crippen LogP contribution in [0.15, 0.2) is 188 Å². The molecule has 1 spiro atoms. The lowest BCUT2D eigenvalue weighted by atomic mass is 9.33. The Morgan fingerprint density at radius 3 is 1.40 bits per heavy atom. The van der Waals surface area contributed by atoms with Crippen molar-refractivity contribution in [1.29, 1.82) is 0 Å². The minimum atomic E-state index is -0.668. The first-order chi connectivity index (χ1) is 38.2. The van der Waals surface area contributed by atoms with Crippen LogP contribution in [-0.2, 0) is 27.1 Å². The molecule has 0 saturated carbocycles. The van der Waals surface area contributed by atoms with E-state index in [0.717, 1.165) is 0 Å². The first-order valence-electron chi connectivity index (χ1n) is 29.2. The van der Waals surface area contributed by atoms with Crippen molar-refractivity contribution in [2.45, 2.75) is 110 Å². The molecule has 0 atom stereocenters. The predicted octanol–water partition coefficient (Wildman–Crippen LogP) is 17.9. The van der Waals surface area contributed by atoms with Gasteiger partial charge in [-0.25, -0.2) is 0 Å². The SMILES string of the molecule is CC(C)(C)c1ccc2c(c1)c1cc(C(C)(C)C)cc3c1n2-c1c(-c2cc(-c4ccccc4)ccc2-c2ccccc2)cc2c4c1B3c1cc(C(C)(C)C)cc3c5cc(C(C)(C)C)cc(c5n-4c13)C21c2ccccc2-c2ccccc21. The van der Waals surface area contributed by atoms with E-state index >= 15 is 0 Å². The van der Waals surface area contributed by atoms with Gasteiger partial charge in [-0.05, 0) is 164 Å². The van der Waals surface area contributed by atoms with Crippen LogP contribution in [0.1, 0.15) is 128 Å². The van der Waals surface area contributed by atoms with Crippen LogP contribution in [0.25, 0.3) is 99.5 Å². The van der Waals surface area contributed by atoms with Crippen LogP contribution in [0.3, 0.4) is 0 Å². The van der Waals surface area contributed by atoms with Crippen molar-refractivity contribution >= 4 is 66.7 Å². The average molecular weight is 1030 g/mol. The number of benzene rings is 10. The van der Waals surface area contributed by atoms with E-state index in [1.54, 1.807) is 0 Å². The van der Waals surface area contributed by atoms with Gasteiger partial charge in [0.2, 0.25) is 0 Å². The second kappa shape index (κ2) is 15.6. The van der Waals surface area contributed by atoms with Crippen LogP contribution in [0.2, 0.25) is 0 Å². The van der Waals surface area contributed by atoms with Crippen molar-refractivity contribution in [3.8, 4) is 55.9 Å². The standard InChI is InChI=1S/C77H67BN2/c1-73(2,3)47-32-34-66-55(36-47)56-38-49(75(7,8)9)41-64-69(56)79(66)71-59(54-35-46(44-23-15-13-16-24-44)31-33-51(54)45-25-17-14-18-26-45)43-63-72-67(71)78(64)65-42-50(76(10,11)12)39-58-57-37-48(74(4,5)6)40-62(68(57)80(72)70(58)65)77(63)60-29-21-19-27-52(60)53-28-20-22-30-61(53)77/h13-43H,1-12H3. The van der Waals surface area contributed by atoms with E-state index < -0.39 is 5.41 Å². The molecule has 0 unspecified atom stereocenters. The molecule has 0 amide bonds. The molecule has 0 bridgehead atoms. The summed E-state index contributed by atoms with van der Waals surface area (Å²) in [5.74, 6) is 0. The van der Waals surface area contributed by atoms with Gasteiger partial charge in [0.1, 0.15) is 0 Å². The summed E-state index contributed by atoms with van der Waals surface area (Å²) in [6.45, 7) is 28.7. The molecular formula is C77H67BN2. The van der Waals surface area contributed by atoms with Crippen LogP contribution in [0, 0.1) is 0 Å². The first kappa shape index (κ1) is 47.8.